The van der Waals surface area contributed by atoms with Gasteiger partial charge in [-0.1, -0.05) is 178 Å². The molecule has 0 aromatic heterocycles. The highest BCUT2D eigenvalue weighted by atomic mass is 16.3. The molecule has 0 unspecified atom stereocenters. The van der Waals surface area contributed by atoms with Crippen LogP contribution in [0.4, 0.5) is 28.4 Å². The van der Waals surface area contributed by atoms with E-state index >= 15 is 0 Å². The third-order valence-electron chi connectivity index (χ3n) is 22.3. The number of anilines is 5. The van der Waals surface area contributed by atoms with E-state index in [0.29, 0.717) is 63.8 Å². The van der Waals surface area contributed by atoms with E-state index < -0.39 is 0 Å². The van der Waals surface area contributed by atoms with E-state index in [4.69, 9.17) is 5.11 Å². The van der Waals surface area contributed by atoms with E-state index in [0.717, 1.165) is 105 Å². The van der Waals surface area contributed by atoms with Crippen molar-refractivity contribution < 1.29 is 46.0 Å². The lowest BCUT2D eigenvalue weighted by Gasteiger charge is -2.36. The Balaban J connectivity index is 0.000000132. The second-order valence-corrected chi connectivity index (χ2v) is 31.6. The maximum Gasteiger partial charge on any atom is 0.123 e. The second kappa shape index (κ2) is 42.5. The van der Waals surface area contributed by atoms with Gasteiger partial charge in [0.1, 0.15) is 51.7 Å². The molecule has 0 fully saturated rings. The third-order valence-corrected chi connectivity index (χ3v) is 22.3. The van der Waals surface area contributed by atoms with Crippen molar-refractivity contribution >= 4 is 28.4 Å². The van der Waals surface area contributed by atoms with Gasteiger partial charge in [0.2, 0.25) is 0 Å². The van der Waals surface area contributed by atoms with Gasteiger partial charge < -0.3 is 70.5 Å². The van der Waals surface area contributed by atoms with Gasteiger partial charge in [0.15, 0.2) is 0 Å². The van der Waals surface area contributed by atoms with Crippen molar-refractivity contribution in [2.45, 2.75) is 132 Å². The molecule has 622 valence electrons. The molecule has 14 heteroatoms. The minimum absolute atomic E-state index is 0.311. The Hall–Kier alpha value is -12.9. The molecule has 120 heavy (non-hydrogen) atoms. The number of rotatable bonds is 12. The molecule has 9 N–H and O–H groups in total. The number of fused-ring (bicyclic) bond motifs is 12. The van der Waals surface area contributed by atoms with Crippen LogP contribution < -0.4 is 24.5 Å². The van der Waals surface area contributed by atoms with E-state index in [9.17, 15) is 40.9 Å². The van der Waals surface area contributed by atoms with Crippen LogP contribution >= 0.6 is 0 Å². The molecule has 14 nitrogen and oxygen atoms in total. The number of hydrogen-bond acceptors (Lipinski definition) is 14. The Morgan fingerprint density at radius 3 is 1.25 bits per heavy atom. The topological polar surface area (TPSA) is 198 Å². The maximum atomic E-state index is 9.79. The third kappa shape index (κ3) is 22.7. The SMILES string of the molecule is CC(C)N(c1cccc(O)c1)C(C)C.CCCN(CCC)c1cccc(O)c1.CCN(CC)c1cccc(O)c1.CN(C)c1cccc(O)c1.Oc1ccc2c(c1)-c1ccccc1C2.Oc1ccc2c(c1)Cc1ccccc1-2.Oc1ccc2c3c1CCCN3CCC2.Oc1cccc2c1-c1ccccc1C2.Oc1cccc2c1Cc1ccccc1-2. The smallest absolute Gasteiger partial charge is 0.123 e. The van der Waals surface area contributed by atoms with E-state index in [1.165, 1.54) is 127 Å². The summed E-state index contributed by atoms with van der Waals surface area (Å²) in [4.78, 5) is 11.2. The summed E-state index contributed by atoms with van der Waals surface area (Å²) in [5.74, 6) is 3.33. The van der Waals surface area contributed by atoms with Gasteiger partial charge in [0.05, 0.1) is 0 Å². The average molecular weight is 1610 g/mol. The fourth-order valence-corrected chi connectivity index (χ4v) is 16.8. The lowest BCUT2D eigenvalue weighted by molar-refractivity contribution is 0.462. The molecule has 0 radical (unpaired) electrons. The molecule has 0 spiro atoms. The number of hydrogen-bond donors (Lipinski definition) is 9. The van der Waals surface area contributed by atoms with Gasteiger partial charge in [0, 0.05) is 141 Å². The summed E-state index contributed by atoms with van der Waals surface area (Å²) >= 11 is 0. The quantitative estimate of drug-likeness (QED) is 0.0560. The van der Waals surface area contributed by atoms with Crippen molar-refractivity contribution in [3.05, 3.63) is 335 Å². The molecular weight excluding hydrogens is 1490 g/mol. The molecule has 0 amide bonds. The normalized spacial score (nSPS) is 12.2. The minimum Gasteiger partial charge on any atom is -0.508 e. The van der Waals surface area contributed by atoms with Crippen molar-refractivity contribution in [3.63, 3.8) is 0 Å². The predicted octanol–water partition coefficient (Wildman–Crippen LogP) is 23.7. The highest BCUT2D eigenvalue weighted by Crippen LogP contribution is 2.45. The summed E-state index contributed by atoms with van der Waals surface area (Å²) in [6, 6.07) is 90.2. The van der Waals surface area contributed by atoms with E-state index in [-0.39, 0.29) is 0 Å². The van der Waals surface area contributed by atoms with Crippen LogP contribution in [-0.2, 0) is 38.5 Å². The Labute approximate surface area is 710 Å². The molecule has 2 aliphatic heterocycles. The van der Waals surface area contributed by atoms with E-state index in [2.05, 4.69) is 160 Å². The van der Waals surface area contributed by atoms with Crippen LogP contribution in [0, 0.1) is 0 Å². The van der Waals surface area contributed by atoms with Gasteiger partial charge in [0.25, 0.3) is 0 Å². The summed E-state index contributed by atoms with van der Waals surface area (Å²) < 4.78 is 0. The van der Waals surface area contributed by atoms with Crippen molar-refractivity contribution in [2.24, 2.45) is 0 Å². The fraction of sp³-hybridized carbons (Fsp3) is 0.264. The first-order valence-corrected chi connectivity index (χ1v) is 42.3. The first-order valence-electron chi connectivity index (χ1n) is 42.3. The van der Waals surface area contributed by atoms with Crippen LogP contribution in [0.3, 0.4) is 0 Å². The standard InChI is InChI=1S/4C13H10O.C12H15NO.2C12H19NO.C10H15NO.C8H11NO/c14-12-7-3-5-10-8-9-4-1-2-6-11(9)13(10)12;14-13-7-3-6-11-10-5-2-1-4-9(10)8-12(11)13;14-11-5-6-13-10(8-11)7-9-3-1-2-4-12(9)13;14-11-6-5-10-7-9-3-1-2-4-12(9)13(10)8-11;14-11-6-5-9-3-1-7-13-8-2-4-10(11)12(9)13;1-9(2)13(10(3)4)11-6-5-7-12(14)8-11;1-3-8-13(9-4-2)11-6-5-7-12(14)10-11;1-3-11(4-2)9-6-5-7-10(12)8-9;1-9(2)7-4-3-5-8(10)6-7/h2*1-7,14H,8H2;2*1-6,8,14H,7H2;5-6,14H,1-4,7-8H2;5-10,14H,1-4H3;5-7,10,14H,3-4,8-9H2,1-2H3;5-8,12H,3-4H2,1-2H3;3-6,10H,1-2H3. The van der Waals surface area contributed by atoms with Crippen LogP contribution in [0.25, 0.3) is 44.5 Å². The first kappa shape index (κ1) is 87.9. The molecule has 6 aliphatic rings. The Kier molecular flexibility index (Phi) is 31.1. The molecule has 19 rings (SSSR count). The summed E-state index contributed by atoms with van der Waals surface area (Å²) in [5.41, 5.74) is 28.1. The average Bonchev–Trinajstić information content (AvgIpc) is 1.30. The monoisotopic (exact) mass is 1610 g/mol. The fourth-order valence-electron chi connectivity index (χ4n) is 16.8. The van der Waals surface area contributed by atoms with Crippen LogP contribution in [0.1, 0.15) is 137 Å². The van der Waals surface area contributed by atoms with Gasteiger partial charge in [-0.15, -0.1) is 0 Å². The summed E-state index contributed by atoms with van der Waals surface area (Å²) in [6.45, 7) is 23.6. The van der Waals surface area contributed by atoms with Gasteiger partial charge in [-0.05, 0) is 274 Å². The predicted molar refractivity (Wildman–Crippen MR) is 498 cm³/mol. The number of nitrogens with zero attached hydrogens (tertiary/aromatic N) is 5. The number of aryl methyl sites for hydroxylation is 1. The van der Waals surface area contributed by atoms with Crippen molar-refractivity contribution in [1.82, 2.24) is 0 Å². The van der Waals surface area contributed by atoms with Crippen LogP contribution in [-0.4, -0.2) is 111 Å². The van der Waals surface area contributed by atoms with Crippen molar-refractivity contribution in [1.29, 1.82) is 0 Å². The second-order valence-electron chi connectivity index (χ2n) is 31.6. The van der Waals surface area contributed by atoms with Gasteiger partial charge in [-0.25, -0.2) is 0 Å². The van der Waals surface area contributed by atoms with Gasteiger partial charge >= 0.3 is 0 Å². The molecular formula is C106H119N5O9. The molecule has 13 aromatic carbocycles. The molecule has 4 aliphatic carbocycles. The summed E-state index contributed by atoms with van der Waals surface area (Å²) in [7, 11) is 3.88. The van der Waals surface area contributed by atoms with Crippen molar-refractivity contribution in [3.8, 4) is 96.3 Å². The van der Waals surface area contributed by atoms with E-state index in [1.807, 2.05) is 146 Å². The Bertz CT molecular complexity index is 5490. The summed E-state index contributed by atoms with van der Waals surface area (Å²) in [6.07, 6.45) is 10.7. The van der Waals surface area contributed by atoms with Crippen molar-refractivity contribution in [2.75, 3.05) is 77.9 Å². The first-order chi connectivity index (χ1) is 58.0. The number of phenols is 9. The molecule has 2 heterocycles. The highest BCUT2D eigenvalue weighted by molar-refractivity contribution is 5.83. The number of benzene rings is 13. The van der Waals surface area contributed by atoms with E-state index in [1.54, 1.807) is 66.7 Å². The van der Waals surface area contributed by atoms with Crippen LogP contribution in [0.2, 0.25) is 0 Å². The van der Waals surface area contributed by atoms with Gasteiger partial charge in [-0.2, -0.15) is 0 Å². The highest BCUT2D eigenvalue weighted by Gasteiger charge is 2.27. The molecule has 0 atom stereocenters. The summed E-state index contributed by atoms with van der Waals surface area (Å²) in [5, 5.41) is 85.1. The molecule has 0 bridgehead atoms. The lowest BCUT2D eigenvalue weighted by Crippen LogP contribution is -2.36. The van der Waals surface area contributed by atoms with Gasteiger partial charge in [-0.3, -0.25) is 0 Å². The zero-order valence-corrected chi connectivity index (χ0v) is 71.3. The molecule has 0 saturated heterocycles. The molecule has 0 saturated carbocycles. The van der Waals surface area contributed by atoms with Crippen LogP contribution in [0.5, 0.6) is 51.7 Å². The molecule has 13 aromatic rings. The Morgan fingerprint density at radius 1 is 0.300 bits per heavy atom. The van der Waals surface area contributed by atoms with Crippen LogP contribution in [0.15, 0.2) is 279 Å². The maximum absolute atomic E-state index is 9.79. The zero-order valence-electron chi connectivity index (χ0n) is 71.3. The largest absolute Gasteiger partial charge is 0.508 e. The number of phenolic OH excluding ortho intramolecular Hbond substituents is 9. The minimum atomic E-state index is 0.311. The number of aromatic hydroxyl groups is 9. The lowest BCUT2D eigenvalue weighted by atomic mass is 9.91. The Morgan fingerprint density at radius 2 is 0.692 bits per heavy atom. The zero-order chi connectivity index (χ0) is 85.4.